The molecule has 3 aliphatic rings. The highest BCUT2D eigenvalue weighted by atomic mass is 16.7. The van der Waals surface area contributed by atoms with Crippen LogP contribution in [0.2, 0.25) is 0 Å². The van der Waals surface area contributed by atoms with Gasteiger partial charge in [-0.25, -0.2) is 0 Å². The van der Waals surface area contributed by atoms with E-state index in [2.05, 4.69) is 11.2 Å². The van der Waals surface area contributed by atoms with Crippen LogP contribution in [0.25, 0.3) is 11.3 Å². The molecule has 3 heterocycles. The number of rotatable bonds is 3. The largest absolute Gasteiger partial charge is 0.454 e. The molecule has 2 aromatic rings. The van der Waals surface area contributed by atoms with Crippen molar-refractivity contribution in [1.82, 2.24) is 10.1 Å². The van der Waals surface area contributed by atoms with E-state index < -0.39 is 0 Å². The number of benzene rings is 1. The van der Waals surface area contributed by atoms with E-state index in [9.17, 15) is 4.79 Å². The zero-order valence-electron chi connectivity index (χ0n) is 15.2. The minimum absolute atomic E-state index is 0.201. The highest BCUT2D eigenvalue weighted by Gasteiger charge is 2.28. The third-order valence-electron chi connectivity index (χ3n) is 5.59. The molecule has 27 heavy (non-hydrogen) atoms. The molecule has 6 heteroatoms. The third kappa shape index (κ3) is 3.09. The van der Waals surface area contributed by atoms with E-state index in [1.54, 1.807) is 0 Å². The minimum Gasteiger partial charge on any atom is -0.454 e. The van der Waals surface area contributed by atoms with Gasteiger partial charge in [-0.3, -0.25) is 4.79 Å². The SMILES string of the molecule is O=C(CC1=CCCCC1)N1CCc2onc(-c3ccc4c(c3)OCO4)c2C1. The van der Waals surface area contributed by atoms with E-state index in [1.165, 1.54) is 18.4 Å². The van der Waals surface area contributed by atoms with E-state index in [0.29, 0.717) is 25.9 Å². The lowest BCUT2D eigenvalue weighted by Gasteiger charge is -2.27. The number of fused-ring (bicyclic) bond motifs is 2. The van der Waals surface area contributed by atoms with Gasteiger partial charge in [-0.15, -0.1) is 0 Å². The first kappa shape index (κ1) is 16.4. The molecule has 1 aromatic heterocycles. The summed E-state index contributed by atoms with van der Waals surface area (Å²) in [6.07, 6.45) is 8.09. The summed E-state index contributed by atoms with van der Waals surface area (Å²) in [5, 5.41) is 4.28. The summed E-state index contributed by atoms with van der Waals surface area (Å²) < 4.78 is 16.4. The molecule has 0 N–H and O–H groups in total. The molecule has 1 aromatic carbocycles. The molecule has 0 fully saturated rings. The summed E-state index contributed by atoms with van der Waals surface area (Å²) in [6.45, 7) is 1.48. The van der Waals surface area contributed by atoms with Gasteiger partial charge in [-0.2, -0.15) is 0 Å². The molecular formula is C21H22N2O4. The maximum atomic E-state index is 12.8. The van der Waals surface area contributed by atoms with Crippen LogP contribution in [0.15, 0.2) is 34.4 Å². The van der Waals surface area contributed by atoms with Crippen molar-refractivity contribution in [2.75, 3.05) is 13.3 Å². The Morgan fingerprint density at radius 3 is 2.96 bits per heavy atom. The highest BCUT2D eigenvalue weighted by molar-refractivity contribution is 5.79. The number of hydrogen-bond donors (Lipinski definition) is 0. The highest BCUT2D eigenvalue weighted by Crippen LogP contribution is 2.38. The van der Waals surface area contributed by atoms with Crippen molar-refractivity contribution in [2.24, 2.45) is 0 Å². The van der Waals surface area contributed by atoms with Crippen molar-refractivity contribution in [3.8, 4) is 22.8 Å². The van der Waals surface area contributed by atoms with E-state index >= 15 is 0 Å². The zero-order chi connectivity index (χ0) is 18.2. The molecule has 0 saturated heterocycles. The standard InChI is InChI=1S/C21H22N2O4/c24-20(10-14-4-2-1-3-5-14)23-9-8-17-16(12-23)21(22-27-17)15-6-7-18-19(11-15)26-13-25-18/h4,6-7,11H,1-3,5,8-10,12-13H2. The van der Waals surface area contributed by atoms with Gasteiger partial charge in [0.15, 0.2) is 11.5 Å². The van der Waals surface area contributed by atoms with Crippen LogP contribution in [0.3, 0.4) is 0 Å². The molecule has 0 atom stereocenters. The van der Waals surface area contributed by atoms with E-state index in [0.717, 1.165) is 46.9 Å². The van der Waals surface area contributed by atoms with Crippen molar-refractivity contribution in [3.63, 3.8) is 0 Å². The maximum absolute atomic E-state index is 12.8. The Labute approximate surface area is 157 Å². The lowest BCUT2D eigenvalue weighted by atomic mass is 9.96. The van der Waals surface area contributed by atoms with Crippen molar-refractivity contribution in [3.05, 3.63) is 41.2 Å². The molecule has 0 bridgehead atoms. The summed E-state index contributed by atoms with van der Waals surface area (Å²) in [4.78, 5) is 14.7. The quantitative estimate of drug-likeness (QED) is 0.772. The molecule has 1 aliphatic carbocycles. The molecule has 0 radical (unpaired) electrons. The summed E-state index contributed by atoms with van der Waals surface area (Å²) in [7, 11) is 0. The van der Waals surface area contributed by atoms with E-state index in [4.69, 9.17) is 14.0 Å². The van der Waals surface area contributed by atoms with Gasteiger partial charge in [0.1, 0.15) is 11.5 Å². The second-order valence-electron chi connectivity index (χ2n) is 7.35. The predicted octanol–water partition coefficient (Wildman–Crippen LogP) is 3.85. The topological polar surface area (TPSA) is 64.8 Å². The maximum Gasteiger partial charge on any atom is 0.231 e. The number of allylic oxidation sites excluding steroid dienone is 1. The summed E-state index contributed by atoms with van der Waals surface area (Å²) in [5.41, 5.74) is 4.01. The van der Waals surface area contributed by atoms with Gasteiger partial charge in [-0.1, -0.05) is 16.8 Å². The van der Waals surface area contributed by atoms with Crippen molar-refractivity contribution < 1.29 is 18.8 Å². The Morgan fingerprint density at radius 2 is 2.07 bits per heavy atom. The Morgan fingerprint density at radius 1 is 1.15 bits per heavy atom. The van der Waals surface area contributed by atoms with Crippen LogP contribution in [0.1, 0.15) is 43.4 Å². The molecular weight excluding hydrogens is 344 g/mol. The average molecular weight is 366 g/mol. The van der Waals surface area contributed by atoms with Crippen LogP contribution in [-0.4, -0.2) is 29.3 Å². The zero-order valence-corrected chi connectivity index (χ0v) is 15.2. The number of hydrogen-bond acceptors (Lipinski definition) is 5. The first-order chi connectivity index (χ1) is 13.3. The molecule has 2 aliphatic heterocycles. The fourth-order valence-corrected chi connectivity index (χ4v) is 4.06. The van der Waals surface area contributed by atoms with Crippen molar-refractivity contribution in [2.45, 2.75) is 45.1 Å². The lowest BCUT2D eigenvalue weighted by Crippen LogP contribution is -2.35. The molecule has 140 valence electrons. The van der Waals surface area contributed by atoms with Crippen LogP contribution in [-0.2, 0) is 17.8 Å². The van der Waals surface area contributed by atoms with Crippen molar-refractivity contribution in [1.29, 1.82) is 0 Å². The minimum atomic E-state index is 0.201. The first-order valence-electron chi connectivity index (χ1n) is 9.61. The second-order valence-corrected chi connectivity index (χ2v) is 7.35. The van der Waals surface area contributed by atoms with Crippen LogP contribution in [0.5, 0.6) is 11.5 Å². The average Bonchev–Trinajstić information content (AvgIpc) is 3.34. The Kier molecular flexibility index (Phi) is 4.11. The van der Waals surface area contributed by atoms with Gasteiger partial charge in [0, 0.05) is 30.5 Å². The number of aromatic nitrogens is 1. The number of ether oxygens (including phenoxy) is 2. The summed E-state index contributed by atoms with van der Waals surface area (Å²) >= 11 is 0. The lowest BCUT2D eigenvalue weighted by molar-refractivity contribution is -0.131. The Hall–Kier alpha value is -2.76. The third-order valence-corrected chi connectivity index (χ3v) is 5.59. The fraction of sp³-hybridized carbons (Fsp3) is 0.429. The Balaban J connectivity index is 1.37. The number of carbonyl (C=O) groups excluding carboxylic acids is 1. The van der Waals surface area contributed by atoms with Gasteiger partial charge in [-0.05, 0) is 43.9 Å². The van der Waals surface area contributed by atoms with E-state index in [-0.39, 0.29) is 12.7 Å². The Bertz CT molecular complexity index is 915. The first-order valence-corrected chi connectivity index (χ1v) is 9.61. The smallest absolute Gasteiger partial charge is 0.231 e. The van der Waals surface area contributed by atoms with Gasteiger partial charge in [0.25, 0.3) is 0 Å². The predicted molar refractivity (Wildman–Crippen MR) is 98.4 cm³/mol. The van der Waals surface area contributed by atoms with Crippen LogP contribution < -0.4 is 9.47 Å². The van der Waals surface area contributed by atoms with E-state index in [1.807, 2.05) is 23.1 Å². The van der Waals surface area contributed by atoms with Gasteiger partial charge in [0.05, 0.1) is 6.54 Å². The van der Waals surface area contributed by atoms with Gasteiger partial charge < -0.3 is 18.9 Å². The number of amides is 1. The molecule has 5 rings (SSSR count). The molecule has 0 saturated carbocycles. The number of nitrogens with zero attached hydrogens (tertiary/aromatic N) is 2. The summed E-state index contributed by atoms with van der Waals surface area (Å²) in [6, 6.07) is 5.77. The molecule has 6 nitrogen and oxygen atoms in total. The van der Waals surface area contributed by atoms with Gasteiger partial charge >= 0.3 is 0 Å². The monoisotopic (exact) mass is 366 g/mol. The van der Waals surface area contributed by atoms with Crippen LogP contribution in [0.4, 0.5) is 0 Å². The number of carbonyl (C=O) groups is 1. The van der Waals surface area contributed by atoms with Crippen molar-refractivity contribution >= 4 is 5.91 Å². The van der Waals surface area contributed by atoms with Crippen LogP contribution in [0, 0.1) is 0 Å². The second kappa shape index (κ2) is 6.76. The molecule has 0 unspecified atom stereocenters. The van der Waals surface area contributed by atoms with Gasteiger partial charge in [0.2, 0.25) is 12.7 Å². The summed E-state index contributed by atoms with van der Waals surface area (Å²) in [5.74, 6) is 2.54. The normalized spacial score (nSPS) is 18.2. The molecule has 1 amide bonds. The molecule has 0 spiro atoms. The fourth-order valence-electron chi connectivity index (χ4n) is 4.06. The van der Waals surface area contributed by atoms with Crippen LogP contribution >= 0.6 is 0 Å².